The second kappa shape index (κ2) is 4.77. The van der Waals surface area contributed by atoms with E-state index in [2.05, 4.69) is 27.4 Å². The molecule has 5 heteroatoms. The maximum Gasteiger partial charge on any atom is 0.265 e. The first-order valence-corrected chi connectivity index (χ1v) is 7.14. The Kier molecular flexibility index (Phi) is 2.77. The molecule has 0 bridgehead atoms. The van der Waals surface area contributed by atoms with Gasteiger partial charge in [-0.1, -0.05) is 6.07 Å². The third-order valence-corrected chi connectivity index (χ3v) is 3.88. The Morgan fingerprint density at radius 2 is 2.14 bits per heavy atom. The predicted molar refractivity (Wildman–Crippen MR) is 81.1 cm³/mol. The molecule has 0 unspecified atom stereocenters. The quantitative estimate of drug-likeness (QED) is 0.801. The standard InChI is InChI=1S/C16H16N4O/c1-17-14-10-20-8-7-18-15(20)16(19-14)21-13-6-5-11-3-2-4-12(11)9-13/h5-10,17H,2-4H2,1H3. The molecule has 21 heavy (non-hydrogen) atoms. The Balaban J connectivity index is 1.75. The zero-order valence-electron chi connectivity index (χ0n) is 11.8. The number of nitrogens with one attached hydrogen (secondary N) is 1. The van der Waals surface area contributed by atoms with Gasteiger partial charge in [0.2, 0.25) is 5.65 Å². The SMILES string of the molecule is CNc1cn2ccnc2c(Oc2ccc3c(c2)CCC3)n1. The lowest BCUT2D eigenvalue weighted by molar-refractivity contribution is 0.465. The highest BCUT2D eigenvalue weighted by atomic mass is 16.5. The van der Waals surface area contributed by atoms with Crippen LogP contribution >= 0.6 is 0 Å². The Morgan fingerprint density at radius 3 is 3.05 bits per heavy atom. The van der Waals surface area contributed by atoms with Crippen molar-refractivity contribution in [1.82, 2.24) is 14.4 Å². The summed E-state index contributed by atoms with van der Waals surface area (Å²) < 4.78 is 7.89. The second-order valence-electron chi connectivity index (χ2n) is 5.23. The van der Waals surface area contributed by atoms with Gasteiger partial charge in [-0.15, -0.1) is 0 Å². The van der Waals surface area contributed by atoms with E-state index >= 15 is 0 Å². The van der Waals surface area contributed by atoms with Crippen LogP contribution in [0.4, 0.5) is 5.82 Å². The van der Waals surface area contributed by atoms with E-state index in [4.69, 9.17) is 4.74 Å². The first kappa shape index (κ1) is 12.2. The van der Waals surface area contributed by atoms with Gasteiger partial charge in [-0.25, -0.2) is 4.98 Å². The summed E-state index contributed by atoms with van der Waals surface area (Å²) in [5.74, 6) is 2.09. The normalized spacial score (nSPS) is 13.4. The maximum absolute atomic E-state index is 5.98. The van der Waals surface area contributed by atoms with E-state index in [-0.39, 0.29) is 0 Å². The molecule has 0 radical (unpaired) electrons. The van der Waals surface area contributed by atoms with Gasteiger partial charge in [0.1, 0.15) is 11.6 Å². The molecule has 0 fully saturated rings. The average molecular weight is 280 g/mol. The largest absolute Gasteiger partial charge is 0.436 e. The van der Waals surface area contributed by atoms with Gasteiger partial charge in [-0.05, 0) is 42.5 Å². The van der Waals surface area contributed by atoms with Gasteiger partial charge in [0.25, 0.3) is 5.88 Å². The minimum absolute atomic E-state index is 0.518. The lowest BCUT2D eigenvalue weighted by Crippen LogP contribution is -2.00. The molecular formula is C16H16N4O. The van der Waals surface area contributed by atoms with Gasteiger partial charge in [0, 0.05) is 19.4 Å². The van der Waals surface area contributed by atoms with E-state index in [1.807, 2.05) is 29.9 Å². The fourth-order valence-corrected chi connectivity index (χ4v) is 2.82. The molecule has 1 aliphatic carbocycles. The number of rotatable bonds is 3. The van der Waals surface area contributed by atoms with Gasteiger partial charge in [0.05, 0.1) is 6.20 Å². The van der Waals surface area contributed by atoms with E-state index in [1.165, 1.54) is 24.0 Å². The smallest absolute Gasteiger partial charge is 0.265 e. The number of anilines is 1. The van der Waals surface area contributed by atoms with E-state index in [9.17, 15) is 0 Å². The lowest BCUT2D eigenvalue weighted by atomic mass is 10.1. The van der Waals surface area contributed by atoms with Gasteiger partial charge in [-0.3, -0.25) is 4.40 Å². The van der Waals surface area contributed by atoms with Crippen LogP contribution in [0.3, 0.4) is 0 Å². The van der Waals surface area contributed by atoms with Crippen LogP contribution in [0.25, 0.3) is 5.65 Å². The number of hydrogen-bond acceptors (Lipinski definition) is 4. The Hall–Kier alpha value is -2.56. The van der Waals surface area contributed by atoms with Gasteiger partial charge in [0.15, 0.2) is 0 Å². The number of aromatic nitrogens is 3. The topological polar surface area (TPSA) is 51.5 Å². The number of nitrogens with zero attached hydrogens (tertiary/aromatic N) is 3. The molecule has 4 rings (SSSR count). The predicted octanol–water partition coefficient (Wildman–Crippen LogP) is 3.05. The summed E-state index contributed by atoms with van der Waals surface area (Å²) in [6.45, 7) is 0. The van der Waals surface area contributed by atoms with Crippen LogP contribution in [0, 0.1) is 0 Å². The van der Waals surface area contributed by atoms with Crippen LogP contribution in [-0.4, -0.2) is 21.4 Å². The van der Waals surface area contributed by atoms with Crippen LogP contribution in [0.2, 0.25) is 0 Å². The van der Waals surface area contributed by atoms with Crippen molar-refractivity contribution in [1.29, 1.82) is 0 Å². The Labute approximate surface area is 122 Å². The molecule has 0 aliphatic heterocycles. The van der Waals surface area contributed by atoms with Crippen molar-refractivity contribution in [3.8, 4) is 11.6 Å². The maximum atomic E-state index is 5.98. The number of hydrogen-bond donors (Lipinski definition) is 1. The van der Waals surface area contributed by atoms with Crippen molar-refractivity contribution in [2.45, 2.75) is 19.3 Å². The third kappa shape index (κ3) is 2.11. The molecule has 106 valence electrons. The first-order chi connectivity index (χ1) is 10.3. The number of fused-ring (bicyclic) bond motifs is 2. The van der Waals surface area contributed by atoms with Crippen LogP contribution in [0.5, 0.6) is 11.6 Å². The highest BCUT2D eigenvalue weighted by molar-refractivity contribution is 5.55. The van der Waals surface area contributed by atoms with Crippen LogP contribution < -0.4 is 10.1 Å². The molecular weight excluding hydrogens is 264 g/mol. The number of benzene rings is 1. The molecule has 5 nitrogen and oxygen atoms in total. The van der Waals surface area contributed by atoms with E-state index in [0.717, 1.165) is 23.6 Å². The summed E-state index contributed by atoms with van der Waals surface area (Å²) in [5, 5.41) is 3.04. The van der Waals surface area contributed by atoms with Crippen molar-refractivity contribution in [2.75, 3.05) is 12.4 Å². The van der Waals surface area contributed by atoms with Crippen LogP contribution in [0.15, 0.2) is 36.8 Å². The molecule has 1 aliphatic rings. The molecule has 2 heterocycles. The summed E-state index contributed by atoms with van der Waals surface area (Å²) in [6, 6.07) is 6.29. The van der Waals surface area contributed by atoms with E-state index < -0.39 is 0 Å². The molecule has 0 saturated carbocycles. The van der Waals surface area contributed by atoms with Crippen molar-refractivity contribution >= 4 is 11.5 Å². The monoisotopic (exact) mass is 280 g/mol. The van der Waals surface area contributed by atoms with Gasteiger partial charge in [-0.2, -0.15) is 4.98 Å². The lowest BCUT2D eigenvalue weighted by Gasteiger charge is -2.09. The fourth-order valence-electron chi connectivity index (χ4n) is 2.82. The first-order valence-electron chi connectivity index (χ1n) is 7.14. The number of ether oxygens (including phenoxy) is 1. The molecule has 1 N–H and O–H groups in total. The molecule has 0 spiro atoms. The molecule has 0 amide bonds. The molecule has 0 saturated heterocycles. The van der Waals surface area contributed by atoms with Gasteiger partial charge < -0.3 is 10.1 Å². The summed E-state index contributed by atoms with van der Waals surface area (Å²) >= 11 is 0. The minimum Gasteiger partial charge on any atom is -0.436 e. The van der Waals surface area contributed by atoms with E-state index in [0.29, 0.717) is 5.88 Å². The average Bonchev–Trinajstić information content (AvgIpc) is 3.14. The fraction of sp³-hybridized carbons (Fsp3) is 0.250. The Morgan fingerprint density at radius 1 is 1.24 bits per heavy atom. The summed E-state index contributed by atoms with van der Waals surface area (Å²) in [4.78, 5) is 8.77. The zero-order chi connectivity index (χ0) is 14.2. The highest BCUT2D eigenvalue weighted by Crippen LogP contribution is 2.30. The summed E-state index contributed by atoms with van der Waals surface area (Å²) in [7, 11) is 1.84. The molecule has 2 aromatic heterocycles. The van der Waals surface area contributed by atoms with Crippen LogP contribution in [0.1, 0.15) is 17.5 Å². The highest BCUT2D eigenvalue weighted by Gasteiger charge is 2.14. The van der Waals surface area contributed by atoms with Crippen molar-refractivity contribution in [2.24, 2.45) is 0 Å². The molecule has 0 atom stereocenters. The van der Waals surface area contributed by atoms with Crippen molar-refractivity contribution in [3.63, 3.8) is 0 Å². The van der Waals surface area contributed by atoms with Gasteiger partial charge >= 0.3 is 0 Å². The second-order valence-corrected chi connectivity index (χ2v) is 5.23. The van der Waals surface area contributed by atoms with Crippen molar-refractivity contribution < 1.29 is 4.74 Å². The summed E-state index contributed by atoms with van der Waals surface area (Å²) in [5.41, 5.74) is 3.54. The van der Waals surface area contributed by atoms with Crippen molar-refractivity contribution in [3.05, 3.63) is 47.9 Å². The minimum atomic E-state index is 0.518. The number of aryl methyl sites for hydroxylation is 2. The zero-order valence-corrected chi connectivity index (χ0v) is 11.8. The van der Waals surface area contributed by atoms with E-state index in [1.54, 1.807) is 6.20 Å². The number of imidazole rings is 1. The molecule has 1 aromatic carbocycles. The Bertz CT molecular complexity index is 809. The van der Waals surface area contributed by atoms with Crippen LogP contribution in [-0.2, 0) is 12.8 Å². The summed E-state index contributed by atoms with van der Waals surface area (Å²) in [6.07, 6.45) is 9.05. The molecule has 3 aromatic rings. The third-order valence-electron chi connectivity index (χ3n) is 3.88.